The Morgan fingerprint density at radius 3 is 0.929 bits per heavy atom. The topological polar surface area (TPSA) is 0 Å². The average Bonchev–Trinajstić information content (AvgIpc) is 2.21. The first-order chi connectivity index (χ1) is 6.79. The van der Waals surface area contributed by atoms with Gasteiger partial charge in [-0.3, -0.25) is 0 Å². The van der Waals surface area contributed by atoms with Crippen LogP contribution in [0.2, 0.25) is 0 Å². The first-order valence-electron chi connectivity index (χ1n) is 6.12. The van der Waals surface area contributed by atoms with E-state index in [1.165, 1.54) is 75.4 Å². The lowest BCUT2D eigenvalue weighted by Crippen LogP contribution is -1.90. The van der Waals surface area contributed by atoms with Crippen molar-refractivity contribution in [2.24, 2.45) is 0 Å². The molecule has 0 amide bonds. The maximum absolute atomic E-state index is 3.91. The predicted molar refractivity (Wildman–Crippen MR) is 64.5 cm³/mol. The molecule has 0 spiro atoms. The van der Waals surface area contributed by atoms with Crippen LogP contribution in [0.4, 0.5) is 0 Å². The number of hydrogen-bond donors (Lipinski definition) is 0. The largest absolute Gasteiger partial charge is 0.0999 e. The van der Waals surface area contributed by atoms with Gasteiger partial charge in [0.15, 0.2) is 0 Å². The highest BCUT2D eigenvalue weighted by Crippen LogP contribution is 2.20. The van der Waals surface area contributed by atoms with E-state index >= 15 is 0 Å². The molecule has 0 aromatic carbocycles. The van der Waals surface area contributed by atoms with Crippen LogP contribution in [-0.4, -0.2) is 0 Å². The first-order valence-corrected chi connectivity index (χ1v) is 6.12. The molecule has 14 heavy (non-hydrogen) atoms. The van der Waals surface area contributed by atoms with E-state index in [0.717, 1.165) is 0 Å². The van der Waals surface area contributed by atoms with E-state index in [2.05, 4.69) is 13.2 Å². The average molecular weight is 192 g/mol. The van der Waals surface area contributed by atoms with Crippen molar-refractivity contribution < 1.29 is 0 Å². The molecule has 0 aromatic rings. The molecule has 2 saturated carbocycles. The maximum Gasteiger partial charge on any atom is -0.0323 e. The molecular weight excluding hydrogens is 168 g/mol. The van der Waals surface area contributed by atoms with Crippen LogP contribution in [0, 0.1) is 0 Å². The Morgan fingerprint density at radius 2 is 0.786 bits per heavy atom. The minimum atomic E-state index is 1.29. The summed E-state index contributed by atoms with van der Waals surface area (Å²) in [5, 5.41) is 0. The van der Waals surface area contributed by atoms with Crippen LogP contribution in [-0.2, 0) is 0 Å². The second kappa shape index (κ2) is 6.86. The highest BCUT2D eigenvalue weighted by atomic mass is 14.1. The minimum Gasteiger partial charge on any atom is -0.0999 e. The van der Waals surface area contributed by atoms with E-state index in [1.54, 1.807) is 0 Å². The van der Waals surface area contributed by atoms with Gasteiger partial charge in [-0.2, -0.15) is 0 Å². The molecule has 0 saturated heterocycles. The second-order valence-corrected chi connectivity index (χ2v) is 4.62. The molecule has 0 aromatic heterocycles. The van der Waals surface area contributed by atoms with Crippen LogP contribution >= 0.6 is 0 Å². The monoisotopic (exact) mass is 192 g/mol. The highest BCUT2D eigenvalue weighted by molar-refractivity contribution is 4.96. The quantitative estimate of drug-likeness (QED) is 0.473. The van der Waals surface area contributed by atoms with Crippen molar-refractivity contribution in [1.29, 1.82) is 0 Å². The fourth-order valence-electron chi connectivity index (χ4n) is 2.10. The third-order valence-corrected chi connectivity index (χ3v) is 3.12. The van der Waals surface area contributed by atoms with Gasteiger partial charge in [-0.25, -0.2) is 0 Å². The van der Waals surface area contributed by atoms with Crippen molar-refractivity contribution in [3.8, 4) is 0 Å². The Bertz CT molecular complexity index is 150. The van der Waals surface area contributed by atoms with Gasteiger partial charge in [0.2, 0.25) is 0 Å². The second-order valence-electron chi connectivity index (χ2n) is 4.62. The molecule has 0 heteroatoms. The molecule has 0 radical (unpaired) electrons. The zero-order chi connectivity index (χ0) is 10.2. The van der Waals surface area contributed by atoms with Gasteiger partial charge in [-0.05, 0) is 51.4 Å². The van der Waals surface area contributed by atoms with Gasteiger partial charge in [-0.15, -0.1) is 0 Å². The maximum atomic E-state index is 3.91. The molecule has 80 valence electrons. The Kier molecular flexibility index (Phi) is 5.66. The van der Waals surface area contributed by atoms with Crippen LogP contribution in [0.25, 0.3) is 0 Å². The lowest BCUT2D eigenvalue weighted by atomic mass is 9.97. The normalized spacial score (nSPS) is 22.6. The van der Waals surface area contributed by atoms with Crippen molar-refractivity contribution in [2.75, 3.05) is 0 Å². The van der Waals surface area contributed by atoms with E-state index in [1.807, 2.05) is 0 Å². The van der Waals surface area contributed by atoms with Gasteiger partial charge in [0.25, 0.3) is 0 Å². The first kappa shape index (κ1) is 11.6. The van der Waals surface area contributed by atoms with E-state index in [4.69, 9.17) is 0 Å². The van der Waals surface area contributed by atoms with Gasteiger partial charge in [0.1, 0.15) is 0 Å². The Morgan fingerprint density at radius 1 is 0.500 bits per heavy atom. The summed E-state index contributed by atoms with van der Waals surface area (Å²) in [5.41, 5.74) is 2.93. The van der Waals surface area contributed by atoms with Crippen LogP contribution in [0.15, 0.2) is 24.3 Å². The lowest BCUT2D eigenvalue weighted by Gasteiger charge is -2.10. The van der Waals surface area contributed by atoms with Gasteiger partial charge in [0, 0.05) is 0 Å². The molecule has 0 heterocycles. The standard InChI is InChI=1S/2C7H12/c2*1-7-5-3-2-4-6-7/h2*1-6H2. The van der Waals surface area contributed by atoms with Gasteiger partial charge in [-0.1, -0.05) is 37.1 Å². The number of rotatable bonds is 0. The lowest BCUT2D eigenvalue weighted by molar-refractivity contribution is 0.601. The number of hydrogen-bond acceptors (Lipinski definition) is 0. The van der Waals surface area contributed by atoms with Crippen molar-refractivity contribution in [2.45, 2.75) is 64.2 Å². The van der Waals surface area contributed by atoms with E-state index in [9.17, 15) is 0 Å². The molecule has 2 rings (SSSR count). The summed E-state index contributed by atoms with van der Waals surface area (Å²) in [7, 11) is 0. The van der Waals surface area contributed by atoms with Gasteiger partial charge >= 0.3 is 0 Å². The molecule has 0 N–H and O–H groups in total. The minimum absolute atomic E-state index is 1.29. The molecule has 2 aliphatic rings. The third-order valence-electron chi connectivity index (χ3n) is 3.12. The molecule has 2 aliphatic carbocycles. The fraction of sp³-hybridized carbons (Fsp3) is 0.714. The van der Waals surface area contributed by atoms with Crippen molar-refractivity contribution in [3.05, 3.63) is 24.3 Å². The van der Waals surface area contributed by atoms with E-state index in [-0.39, 0.29) is 0 Å². The summed E-state index contributed by atoms with van der Waals surface area (Å²) in [4.78, 5) is 0. The van der Waals surface area contributed by atoms with Gasteiger partial charge in [0.05, 0.1) is 0 Å². The van der Waals surface area contributed by atoms with Crippen LogP contribution in [0.3, 0.4) is 0 Å². The summed E-state index contributed by atoms with van der Waals surface area (Å²) in [6.45, 7) is 7.83. The Hall–Kier alpha value is -0.520. The summed E-state index contributed by atoms with van der Waals surface area (Å²) in [5.74, 6) is 0. The van der Waals surface area contributed by atoms with Crippen molar-refractivity contribution >= 4 is 0 Å². The number of allylic oxidation sites excluding steroid dienone is 2. The smallest absolute Gasteiger partial charge is 0.0323 e. The predicted octanol–water partition coefficient (Wildman–Crippen LogP) is 5.01. The molecular formula is C14H24. The molecule has 0 bridgehead atoms. The summed E-state index contributed by atoms with van der Waals surface area (Å²) < 4.78 is 0. The SMILES string of the molecule is C=C1CCCCC1.C=C1CCCCC1. The highest BCUT2D eigenvalue weighted by Gasteiger charge is 2.01. The molecule has 0 atom stereocenters. The third kappa shape index (κ3) is 5.26. The molecule has 2 fully saturated rings. The zero-order valence-corrected chi connectivity index (χ0v) is 9.49. The van der Waals surface area contributed by atoms with Crippen LogP contribution < -0.4 is 0 Å². The summed E-state index contributed by atoms with van der Waals surface area (Å²) in [6.07, 6.45) is 13.6. The van der Waals surface area contributed by atoms with Gasteiger partial charge < -0.3 is 0 Å². The fourth-order valence-corrected chi connectivity index (χ4v) is 2.10. The van der Waals surface area contributed by atoms with E-state index in [0.29, 0.717) is 0 Å². The van der Waals surface area contributed by atoms with Crippen molar-refractivity contribution in [3.63, 3.8) is 0 Å². The molecule has 0 nitrogen and oxygen atoms in total. The summed E-state index contributed by atoms with van der Waals surface area (Å²) >= 11 is 0. The molecule has 0 aliphatic heterocycles. The molecule has 0 unspecified atom stereocenters. The van der Waals surface area contributed by atoms with Crippen molar-refractivity contribution in [1.82, 2.24) is 0 Å². The zero-order valence-electron chi connectivity index (χ0n) is 9.49. The Balaban J connectivity index is 0.000000140. The van der Waals surface area contributed by atoms with Crippen LogP contribution in [0.1, 0.15) is 64.2 Å². The van der Waals surface area contributed by atoms with E-state index < -0.39 is 0 Å². The summed E-state index contributed by atoms with van der Waals surface area (Å²) in [6, 6.07) is 0. The Labute approximate surface area is 89.1 Å². The van der Waals surface area contributed by atoms with Crippen LogP contribution in [0.5, 0.6) is 0 Å².